The summed E-state index contributed by atoms with van der Waals surface area (Å²) in [5, 5.41) is 9.48. The predicted octanol–water partition coefficient (Wildman–Crippen LogP) is -0.00200. The van der Waals surface area contributed by atoms with Crippen LogP contribution in [0, 0.1) is 5.92 Å². The Hall–Kier alpha value is -0.210. The fraction of sp³-hybridized carbons (Fsp3) is 1.00. The Morgan fingerprint density at radius 2 is 2.00 bits per heavy atom. The van der Waals surface area contributed by atoms with Crippen LogP contribution in [0.2, 0.25) is 0 Å². The van der Waals surface area contributed by atoms with E-state index in [1.807, 2.05) is 0 Å². The normalized spacial score (nSPS) is 29.4. The van der Waals surface area contributed by atoms with Gasteiger partial charge in [0.1, 0.15) is 0 Å². The molecule has 0 amide bonds. The SMILES string of the molecule is COCCNS(=O)(=O)NC1(CO)CCC(C)CC1. The van der Waals surface area contributed by atoms with Crippen molar-refractivity contribution in [3.05, 3.63) is 0 Å². The molecule has 1 rings (SSSR count). The maximum atomic E-state index is 11.8. The van der Waals surface area contributed by atoms with Gasteiger partial charge in [0.05, 0.1) is 18.8 Å². The van der Waals surface area contributed by atoms with Gasteiger partial charge in [-0.3, -0.25) is 0 Å². The third kappa shape index (κ3) is 4.81. The van der Waals surface area contributed by atoms with E-state index in [0.29, 0.717) is 25.4 Å². The van der Waals surface area contributed by atoms with Gasteiger partial charge in [0.25, 0.3) is 10.2 Å². The molecule has 0 aliphatic heterocycles. The number of nitrogens with one attached hydrogen (secondary N) is 2. The van der Waals surface area contributed by atoms with Crippen molar-refractivity contribution in [3.8, 4) is 0 Å². The fourth-order valence-electron chi connectivity index (χ4n) is 2.21. The van der Waals surface area contributed by atoms with Crippen LogP contribution < -0.4 is 9.44 Å². The number of rotatable bonds is 7. The average Bonchev–Trinajstić information content (AvgIpc) is 2.32. The van der Waals surface area contributed by atoms with Gasteiger partial charge in [0.15, 0.2) is 0 Å². The summed E-state index contributed by atoms with van der Waals surface area (Å²) in [6.07, 6.45) is 3.22. The van der Waals surface area contributed by atoms with E-state index in [4.69, 9.17) is 4.74 Å². The van der Waals surface area contributed by atoms with Crippen molar-refractivity contribution in [2.75, 3.05) is 26.9 Å². The van der Waals surface area contributed by atoms with Crippen molar-refractivity contribution in [1.29, 1.82) is 0 Å². The Labute approximate surface area is 109 Å². The molecule has 0 radical (unpaired) electrons. The summed E-state index contributed by atoms with van der Waals surface area (Å²) < 4.78 is 33.4. The molecular weight excluding hydrogens is 256 g/mol. The molecule has 0 aromatic carbocycles. The van der Waals surface area contributed by atoms with Gasteiger partial charge in [-0.05, 0) is 31.6 Å². The second-order valence-corrected chi connectivity index (χ2v) is 6.61. The second kappa shape index (κ2) is 6.81. The summed E-state index contributed by atoms with van der Waals surface area (Å²) in [6, 6.07) is 0. The topological polar surface area (TPSA) is 87.7 Å². The van der Waals surface area contributed by atoms with E-state index >= 15 is 0 Å². The first-order valence-electron chi connectivity index (χ1n) is 6.31. The quantitative estimate of drug-likeness (QED) is 0.573. The van der Waals surface area contributed by atoms with Crippen molar-refractivity contribution in [2.24, 2.45) is 5.92 Å². The summed E-state index contributed by atoms with van der Waals surface area (Å²) in [5.41, 5.74) is -0.703. The highest BCUT2D eigenvalue weighted by molar-refractivity contribution is 7.87. The van der Waals surface area contributed by atoms with E-state index in [-0.39, 0.29) is 13.2 Å². The molecule has 0 heterocycles. The van der Waals surface area contributed by atoms with Gasteiger partial charge in [0.2, 0.25) is 0 Å². The van der Waals surface area contributed by atoms with E-state index < -0.39 is 15.7 Å². The molecule has 0 unspecified atom stereocenters. The molecule has 0 saturated heterocycles. The molecule has 0 spiro atoms. The molecule has 18 heavy (non-hydrogen) atoms. The van der Waals surface area contributed by atoms with Crippen LogP contribution >= 0.6 is 0 Å². The summed E-state index contributed by atoms with van der Waals surface area (Å²) in [7, 11) is -2.07. The van der Waals surface area contributed by atoms with Crippen LogP contribution in [0.5, 0.6) is 0 Å². The van der Waals surface area contributed by atoms with Crippen molar-refractivity contribution < 1.29 is 18.3 Å². The van der Waals surface area contributed by atoms with Gasteiger partial charge < -0.3 is 9.84 Å². The number of aliphatic hydroxyl groups excluding tert-OH is 1. The molecule has 1 aliphatic carbocycles. The summed E-state index contributed by atoms with van der Waals surface area (Å²) in [5.74, 6) is 0.593. The first kappa shape index (κ1) is 15.8. The number of hydrogen-bond donors (Lipinski definition) is 3. The van der Waals surface area contributed by atoms with Crippen molar-refractivity contribution in [2.45, 2.75) is 38.1 Å². The Balaban J connectivity index is 2.56. The van der Waals surface area contributed by atoms with Gasteiger partial charge in [-0.25, -0.2) is 0 Å². The highest BCUT2D eigenvalue weighted by Crippen LogP contribution is 2.31. The number of ether oxygens (including phenoxy) is 1. The van der Waals surface area contributed by atoms with Crippen LogP contribution in [0.1, 0.15) is 32.6 Å². The van der Waals surface area contributed by atoms with E-state index in [1.54, 1.807) is 0 Å². The second-order valence-electron chi connectivity index (χ2n) is 5.11. The first-order chi connectivity index (χ1) is 8.43. The average molecular weight is 280 g/mol. The van der Waals surface area contributed by atoms with E-state index in [9.17, 15) is 13.5 Å². The molecule has 0 atom stereocenters. The minimum absolute atomic E-state index is 0.162. The molecule has 0 aromatic heterocycles. The Kier molecular flexibility index (Phi) is 6.00. The zero-order chi connectivity index (χ0) is 13.6. The van der Waals surface area contributed by atoms with Crippen LogP contribution in [0.15, 0.2) is 0 Å². The minimum atomic E-state index is -3.58. The molecule has 7 heteroatoms. The third-order valence-electron chi connectivity index (χ3n) is 3.48. The van der Waals surface area contributed by atoms with Crippen LogP contribution in [-0.2, 0) is 14.9 Å². The van der Waals surface area contributed by atoms with E-state index in [0.717, 1.165) is 12.8 Å². The Morgan fingerprint density at radius 3 is 2.50 bits per heavy atom. The fourth-order valence-corrected chi connectivity index (χ4v) is 3.47. The van der Waals surface area contributed by atoms with E-state index in [1.165, 1.54) is 7.11 Å². The minimum Gasteiger partial charge on any atom is -0.394 e. The van der Waals surface area contributed by atoms with Crippen molar-refractivity contribution in [1.82, 2.24) is 9.44 Å². The molecule has 3 N–H and O–H groups in total. The zero-order valence-corrected chi connectivity index (χ0v) is 11.9. The maximum Gasteiger partial charge on any atom is 0.277 e. The maximum absolute atomic E-state index is 11.8. The van der Waals surface area contributed by atoms with Crippen molar-refractivity contribution >= 4 is 10.2 Å². The van der Waals surface area contributed by atoms with Crippen molar-refractivity contribution in [3.63, 3.8) is 0 Å². The lowest BCUT2D eigenvalue weighted by Gasteiger charge is -2.38. The van der Waals surface area contributed by atoms with Crippen LogP contribution in [0.4, 0.5) is 0 Å². The summed E-state index contributed by atoms with van der Waals surface area (Å²) >= 11 is 0. The van der Waals surface area contributed by atoms with Gasteiger partial charge in [-0.1, -0.05) is 6.92 Å². The third-order valence-corrected chi connectivity index (χ3v) is 4.77. The highest BCUT2D eigenvalue weighted by atomic mass is 32.2. The zero-order valence-electron chi connectivity index (χ0n) is 11.1. The van der Waals surface area contributed by atoms with Gasteiger partial charge in [0, 0.05) is 13.7 Å². The van der Waals surface area contributed by atoms with Crippen LogP contribution in [0.25, 0.3) is 0 Å². The standard InChI is InChI=1S/C11H24N2O4S/c1-10-3-5-11(9-14,6-4-10)13-18(15,16)12-7-8-17-2/h10,12-14H,3-9H2,1-2H3. The molecular formula is C11H24N2O4S. The Bertz CT molecular complexity index is 337. The molecule has 1 aliphatic rings. The first-order valence-corrected chi connectivity index (χ1v) is 7.80. The lowest BCUT2D eigenvalue weighted by molar-refractivity contribution is 0.125. The summed E-state index contributed by atoms with van der Waals surface area (Å²) in [6.45, 7) is 2.53. The monoisotopic (exact) mass is 280 g/mol. The number of aliphatic hydroxyl groups is 1. The molecule has 0 bridgehead atoms. The molecule has 1 saturated carbocycles. The molecule has 1 fully saturated rings. The van der Waals surface area contributed by atoms with Gasteiger partial charge in [-0.2, -0.15) is 17.9 Å². The van der Waals surface area contributed by atoms with Crippen LogP contribution in [0.3, 0.4) is 0 Å². The largest absolute Gasteiger partial charge is 0.394 e. The number of methoxy groups -OCH3 is 1. The molecule has 0 aromatic rings. The number of hydrogen-bond acceptors (Lipinski definition) is 4. The Morgan fingerprint density at radius 1 is 1.39 bits per heavy atom. The van der Waals surface area contributed by atoms with Gasteiger partial charge in [-0.15, -0.1) is 0 Å². The van der Waals surface area contributed by atoms with Crippen LogP contribution in [-0.4, -0.2) is 45.9 Å². The molecule has 6 nitrogen and oxygen atoms in total. The highest BCUT2D eigenvalue weighted by Gasteiger charge is 2.36. The predicted molar refractivity (Wildman–Crippen MR) is 69.4 cm³/mol. The lowest BCUT2D eigenvalue weighted by Crippen LogP contribution is -2.56. The van der Waals surface area contributed by atoms with Gasteiger partial charge >= 0.3 is 0 Å². The van der Waals surface area contributed by atoms with E-state index in [2.05, 4.69) is 16.4 Å². The molecule has 108 valence electrons. The lowest BCUT2D eigenvalue weighted by atomic mass is 9.78. The summed E-state index contributed by atoms with van der Waals surface area (Å²) in [4.78, 5) is 0. The smallest absolute Gasteiger partial charge is 0.277 e.